The second-order valence-corrected chi connectivity index (χ2v) is 7.40. The predicted molar refractivity (Wildman–Crippen MR) is 72.9 cm³/mol. The molecule has 2 unspecified atom stereocenters. The minimum Gasteiger partial charge on any atom is -0.481 e. The van der Waals surface area contributed by atoms with Crippen LogP contribution in [0.5, 0.6) is 0 Å². The van der Waals surface area contributed by atoms with E-state index in [9.17, 15) is 13.2 Å². The first-order valence-electron chi connectivity index (χ1n) is 6.71. The van der Waals surface area contributed by atoms with Gasteiger partial charge in [-0.2, -0.15) is 12.7 Å². The maximum atomic E-state index is 12.1. The quantitative estimate of drug-likeness (QED) is 0.762. The SMILES string of the molecule is CC1CCCN(S(=O)(=O)NCC(C(=O)O)C(C)C)C1. The summed E-state index contributed by atoms with van der Waals surface area (Å²) in [6.45, 7) is 6.54. The number of hydrogen-bond donors (Lipinski definition) is 2. The van der Waals surface area contributed by atoms with Crippen LogP contribution in [0.3, 0.4) is 0 Å². The molecular weight excluding hydrogens is 268 g/mol. The van der Waals surface area contributed by atoms with Crippen LogP contribution >= 0.6 is 0 Å². The maximum Gasteiger partial charge on any atom is 0.308 e. The highest BCUT2D eigenvalue weighted by Crippen LogP contribution is 2.18. The van der Waals surface area contributed by atoms with E-state index in [-0.39, 0.29) is 12.5 Å². The molecule has 0 bridgehead atoms. The third kappa shape index (κ3) is 4.74. The molecule has 0 spiro atoms. The lowest BCUT2D eigenvalue weighted by Gasteiger charge is -2.30. The van der Waals surface area contributed by atoms with Crippen LogP contribution in [0, 0.1) is 17.8 Å². The van der Waals surface area contributed by atoms with E-state index < -0.39 is 22.1 Å². The van der Waals surface area contributed by atoms with Crippen LogP contribution in [-0.4, -0.2) is 43.4 Å². The highest BCUT2D eigenvalue weighted by Gasteiger charge is 2.29. The van der Waals surface area contributed by atoms with Crippen molar-refractivity contribution in [1.82, 2.24) is 9.03 Å². The first-order valence-corrected chi connectivity index (χ1v) is 8.15. The molecule has 1 aliphatic rings. The average Bonchev–Trinajstić information content (AvgIpc) is 2.28. The van der Waals surface area contributed by atoms with Crippen molar-refractivity contribution in [3.05, 3.63) is 0 Å². The lowest BCUT2D eigenvalue weighted by atomic mass is 9.97. The van der Waals surface area contributed by atoms with E-state index in [0.717, 1.165) is 12.8 Å². The van der Waals surface area contributed by atoms with Gasteiger partial charge in [0.05, 0.1) is 5.92 Å². The smallest absolute Gasteiger partial charge is 0.308 e. The molecule has 2 atom stereocenters. The third-order valence-corrected chi connectivity index (χ3v) is 5.11. The molecule has 7 heteroatoms. The Kier molecular flexibility index (Phi) is 5.76. The standard InChI is InChI=1S/C12H24N2O4S/c1-9(2)11(12(15)16)7-13-19(17,18)14-6-4-5-10(3)8-14/h9-11,13H,4-8H2,1-3H3,(H,15,16). The highest BCUT2D eigenvalue weighted by molar-refractivity contribution is 7.87. The van der Waals surface area contributed by atoms with Crippen LogP contribution in [0.4, 0.5) is 0 Å². The first-order chi connectivity index (χ1) is 8.74. The van der Waals surface area contributed by atoms with Crippen molar-refractivity contribution in [2.45, 2.75) is 33.6 Å². The number of rotatable bonds is 6. The number of hydrogen-bond acceptors (Lipinski definition) is 3. The Hall–Kier alpha value is -0.660. The summed E-state index contributed by atoms with van der Waals surface area (Å²) in [6, 6.07) is 0. The van der Waals surface area contributed by atoms with Crippen molar-refractivity contribution in [2.24, 2.45) is 17.8 Å². The fourth-order valence-electron chi connectivity index (χ4n) is 2.26. The Labute approximate surface area is 115 Å². The van der Waals surface area contributed by atoms with E-state index in [2.05, 4.69) is 4.72 Å². The van der Waals surface area contributed by atoms with Crippen molar-refractivity contribution in [3.8, 4) is 0 Å². The molecule has 0 saturated carbocycles. The van der Waals surface area contributed by atoms with Gasteiger partial charge in [-0.3, -0.25) is 4.79 Å². The normalized spacial score (nSPS) is 23.5. The van der Waals surface area contributed by atoms with Crippen LogP contribution < -0.4 is 4.72 Å². The summed E-state index contributed by atoms with van der Waals surface area (Å²) in [5, 5.41) is 9.04. The van der Waals surface area contributed by atoms with Gasteiger partial charge in [0.2, 0.25) is 0 Å². The molecule has 112 valence electrons. The first kappa shape index (κ1) is 16.4. The Balaban J connectivity index is 2.61. The molecule has 0 aromatic carbocycles. The van der Waals surface area contributed by atoms with Crippen molar-refractivity contribution in [2.75, 3.05) is 19.6 Å². The molecule has 1 heterocycles. The monoisotopic (exact) mass is 292 g/mol. The molecule has 1 aliphatic heterocycles. The lowest BCUT2D eigenvalue weighted by molar-refractivity contribution is -0.142. The second kappa shape index (κ2) is 6.67. The summed E-state index contributed by atoms with van der Waals surface area (Å²) >= 11 is 0. The Morgan fingerprint density at radius 3 is 2.58 bits per heavy atom. The van der Waals surface area contributed by atoms with Gasteiger partial charge >= 0.3 is 5.97 Å². The zero-order chi connectivity index (χ0) is 14.6. The van der Waals surface area contributed by atoms with Gasteiger partial charge in [-0.15, -0.1) is 0 Å². The fraction of sp³-hybridized carbons (Fsp3) is 0.917. The molecule has 1 fully saturated rings. The van der Waals surface area contributed by atoms with E-state index in [1.165, 1.54) is 4.31 Å². The van der Waals surface area contributed by atoms with Crippen molar-refractivity contribution < 1.29 is 18.3 Å². The van der Waals surface area contributed by atoms with E-state index in [4.69, 9.17) is 5.11 Å². The van der Waals surface area contributed by atoms with Gasteiger partial charge in [0, 0.05) is 19.6 Å². The van der Waals surface area contributed by atoms with Gasteiger partial charge in [-0.25, -0.2) is 4.72 Å². The second-order valence-electron chi connectivity index (χ2n) is 5.65. The summed E-state index contributed by atoms with van der Waals surface area (Å²) < 4.78 is 28.1. The summed E-state index contributed by atoms with van der Waals surface area (Å²) in [5.41, 5.74) is 0. The lowest BCUT2D eigenvalue weighted by Crippen LogP contribution is -2.47. The van der Waals surface area contributed by atoms with Crippen LogP contribution in [0.25, 0.3) is 0 Å². The van der Waals surface area contributed by atoms with Crippen molar-refractivity contribution in [3.63, 3.8) is 0 Å². The van der Waals surface area contributed by atoms with E-state index in [0.29, 0.717) is 19.0 Å². The van der Waals surface area contributed by atoms with E-state index in [1.807, 2.05) is 6.92 Å². The molecule has 1 rings (SSSR count). The molecule has 6 nitrogen and oxygen atoms in total. The number of nitrogens with zero attached hydrogens (tertiary/aromatic N) is 1. The van der Waals surface area contributed by atoms with Gasteiger partial charge in [0.25, 0.3) is 10.2 Å². The van der Waals surface area contributed by atoms with Crippen LogP contribution in [0.2, 0.25) is 0 Å². The van der Waals surface area contributed by atoms with Crippen LogP contribution in [0.1, 0.15) is 33.6 Å². The number of carbonyl (C=O) groups is 1. The number of carboxylic acids is 1. The van der Waals surface area contributed by atoms with Gasteiger partial charge in [0.1, 0.15) is 0 Å². The molecule has 0 amide bonds. The number of piperidine rings is 1. The van der Waals surface area contributed by atoms with Gasteiger partial charge in [-0.05, 0) is 24.7 Å². The van der Waals surface area contributed by atoms with Gasteiger partial charge in [0.15, 0.2) is 0 Å². The molecule has 0 aromatic heterocycles. The molecular formula is C12H24N2O4S. The summed E-state index contributed by atoms with van der Waals surface area (Å²) in [5.74, 6) is -1.42. The van der Waals surface area contributed by atoms with Gasteiger partial charge in [-0.1, -0.05) is 20.8 Å². The Morgan fingerprint density at radius 2 is 2.11 bits per heavy atom. The summed E-state index contributed by atoms with van der Waals surface area (Å²) in [7, 11) is -3.56. The predicted octanol–water partition coefficient (Wildman–Crippen LogP) is 0.910. The zero-order valence-electron chi connectivity index (χ0n) is 11.8. The van der Waals surface area contributed by atoms with Crippen LogP contribution in [0.15, 0.2) is 0 Å². The fourth-order valence-corrected chi connectivity index (χ4v) is 3.65. The average molecular weight is 292 g/mol. The molecule has 0 aliphatic carbocycles. The molecule has 19 heavy (non-hydrogen) atoms. The minimum absolute atomic E-state index is 0.0553. The summed E-state index contributed by atoms with van der Waals surface area (Å²) in [6.07, 6.45) is 1.89. The Morgan fingerprint density at radius 1 is 1.47 bits per heavy atom. The van der Waals surface area contributed by atoms with Crippen molar-refractivity contribution >= 4 is 16.2 Å². The number of carboxylic acid groups (broad SMARTS) is 1. The molecule has 0 radical (unpaired) electrons. The van der Waals surface area contributed by atoms with E-state index >= 15 is 0 Å². The van der Waals surface area contributed by atoms with Crippen LogP contribution in [-0.2, 0) is 15.0 Å². The zero-order valence-corrected chi connectivity index (χ0v) is 12.6. The topological polar surface area (TPSA) is 86.7 Å². The number of nitrogens with one attached hydrogen (secondary N) is 1. The minimum atomic E-state index is -3.56. The number of aliphatic carboxylic acids is 1. The third-order valence-electron chi connectivity index (χ3n) is 3.57. The largest absolute Gasteiger partial charge is 0.481 e. The Bertz CT molecular complexity index is 408. The molecule has 0 aromatic rings. The van der Waals surface area contributed by atoms with Crippen molar-refractivity contribution in [1.29, 1.82) is 0 Å². The van der Waals surface area contributed by atoms with E-state index in [1.54, 1.807) is 13.8 Å². The van der Waals surface area contributed by atoms with Gasteiger partial charge < -0.3 is 5.11 Å². The molecule has 1 saturated heterocycles. The highest BCUT2D eigenvalue weighted by atomic mass is 32.2. The summed E-state index contributed by atoms with van der Waals surface area (Å²) in [4.78, 5) is 11.0. The maximum absolute atomic E-state index is 12.1. The molecule has 2 N–H and O–H groups in total.